The molecule has 0 saturated carbocycles. The summed E-state index contributed by atoms with van der Waals surface area (Å²) in [4.78, 5) is 7.03. The SMILES string of the molecule is CCC1CN(c2ccc(C(C)NC)nc2)CCS1. The highest BCUT2D eigenvalue weighted by atomic mass is 32.2. The van der Waals surface area contributed by atoms with Gasteiger partial charge in [-0.05, 0) is 32.5 Å². The minimum Gasteiger partial charge on any atom is -0.368 e. The highest BCUT2D eigenvalue weighted by molar-refractivity contribution is 8.00. The second-order valence-electron chi connectivity index (χ2n) is 4.80. The van der Waals surface area contributed by atoms with Crippen molar-refractivity contribution in [2.45, 2.75) is 31.6 Å². The van der Waals surface area contributed by atoms with Gasteiger partial charge in [-0.3, -0.25) is 4.98 Å². The molecule has 2 heterocycles. The predicted molar refractivity (Wildman–Crippen MR) is 80.5 cm³/mol. The van der Waals surface area contributed by atoms with Gasteiger partial charge in [0.25, 0.3) is 0 Å². The molecule has 2 rings (SSSR count). The maximum Gasteiger partial charge on any atom is 0.0571 e. The second kappa shape index (κ2) is 6.43. The monoisotopic (exact) mass is 265 g/mol. The Morgan fingerprint density at radius 3 is 3.00 bits per heavy atom. The lowest BCUT2D eigenvalue weighted by molar-refractivity contribution is 0.632. The molecule has 0 radical (unpaired) electrons. The molecule has 0 aliphatic carbocycles. The number of rotatable bonds is 4. The van der Waals surface area contributed by atoms with Crippen LogP contribution in [-0.4, -0.2) is 36.1 Å². The predicted octanol–water partition coefficient (Wildman–Crippen LogP) is 2.69. The number of nitrogens with zero attached hydrogens (tertiary/aromatic N) is 2. The molecule has 2 atom stereocenters. The summed E-state index contributed by atoms with van der Waals surface area (Å²) in [5.41, 5.74) is 2.38. The van der Waals surface area contributed by atoms with Crippen molar-refractivity contribution in [1.29, 1.82) is 0 Å². The van der Waals surface area contributed by atoms with Gasteiger partial charge in [0.2, 0.25) is 0 Å². The number of pyridine rings is 1. The van der Waals surface area contributed by atoms with Crippen LogP contribution in [0.15, 0.2) is 18.3 Å². The van der Waals surface area contributed by atoms with Crippen molar-refractivity contribution in [1.82, 2.24) is 10.3 Å². The van der Waals surface area contributed by atoms with E-state index in [1.165, 1.54) is 17.9 Å². The smallest absolute Gasteiger partial charge is 0.0571 e. The fourth-order valence-corrected chi connectivity index (χ4v) is 3.37. The molecule has 1 N–H and O–H groups in total. The highest BCUT2D eigenvalue weighted by Gasteiger charge is 2.19. The normalized spacial score (nSPS) is 21.9. The lowest BCUT2D eigenvalue weighted by Crippen LogP contribution is -2.37. The Balaban J connectivity index is 2.04. The van der Waals surface area contributed by atoms with Gasteiger partial charge in [0.1, 0.15) is 0 Å². The van der Waals surface area contributed by atoms with E-state index in [2.05, 4.69) is 52.9 Å². The van der Waals surface area contributed by atoms with Gasteiger partial charge in [-0.25, -0.2) is 0 Å². The molecular formula is C14H23N3S. The summed E-state index contributed by atoms with van der Waals surface area (Å²) in [6.45, 7) is 6.71. The molecule has 18 heavy (non-hydrogen) atoms. The summed E-state index contributed by atoms with van der Waals surface area (Å²) in [5.74, 6) is 1.23. The molecule has 0 amide bonds. The zero-order valence-corrected chi connectivity index (χ0v) is 12.3. The Morgan fingerprint density at radius 2 is 2.39 bits per heavy atom. The van der Waals surface area contributed by atoms with E-state index in [9.17, 15) is 0 Å². The molecule has 3 nitrogen and oxygen atoms in total. The number of nitrogens with one attached hydrogen (secondary N) is 1. The Morgan fingerprint density at radius 1 is 1.56 bits per heavy atom. The van der Waals surface area contributed by atoms with E-state index in [-0.39, 0.29) is 0 Å². The minimum absolute atomic E-state index is 0.319. The van der Waals surface area contributed by atoms with E-state index < -0.39 is 0 Å². The highest BCUT2D eigenvalue weighted by Crippen LogP contribution is 2.25. The van der Waals surface area contributed by atoms with E-state index in [0.717, 1.165) is 24.0 Å². The van der Waals surface area contributed by atoms with Gasteiger partial charge in [-0.2, -0.15) is 11.8 Å². The number of hydrogen-bond donors (Lipinski definition) is 1. The van der Waals surface area contributed by atoms with Crippen LogP contribution in [0.25, 0.3) is 0 Å². The van der Waals surface area contributed by atoms with Crippen LogP contribution in [0, 0.1) is 0 Å². The Labute approximate surface area is 114 Å². The first-order valence-electron chi connectivity index (χ1n) is 6.74. The van der Waals surface area contributed by atoms with Gasteiger partial charge in [-0.15, -0.1) is 0 Å². The van der Waals surface area contributed by atoms with Crippen LogP contribution >= 0.6 is 11.8 Å². The van der Waals surface area contributed by atoms with E-state index in [4.69, 9.17) is 0 Å². The van der Waals surface area contributed by atoms with Crippen molar-refractivity contribution < 1.29 is 0 Å². The topological polar surface area (TPSA) is 28.2 Å². The molecule has 0 spiro atoms. The average Bonchev–Trinajstić information content (AvgIpc) is 2.46. The molecule has 100 valence electrons. The summed E-state index contributed by atoms with van der Waals surface area (Å²) in [6.07, 6.45) is 3.27. The van der Waals surface area contributed by atoms with Gasteiger partial charge in [-0.1, -0.05) is 6.92 Å². The molecule has 1 aromatic rings. The first-order chi connectivity index (χ1) is 8.74. The largest absolute Gasteiger partial charge is 0.368 e. The maximum absolute atomic E-state index is 4.56. The van der Waals surface area contributed by atoms with Gasteiger partial charge >= 0.3 is 0 Å². The van der Waals surface area contributed by atoms with Gasteiger partial charge in [0.05, 0.1) is 17.6 Å². The van der Waals surface area contributed by atoms with Crippen molar-refractivity contribution in [2.24, 2.45) is 0 Å². The van der Waals surface area contributed by atoms with E-state index in [1.54, 1.807) is 0 Å². The van der Waals surface area contributed by atoms with E-state index in [1.807, 2.05) is 13.2 Å². The molecule has 1 saturated heterocycles. The zero-order chi connectivity index (χ0) is 13.0. The summed E-state index contributed by atoms with van der Waals surface area (Å²) in [6, 6.07) is 4.66. The Hall–Kier alpha value is -0.740. The number of anilines is 1. The molecular weight excluding hydrogens is 242 g/mol. The summed E-state index contributed by atoms with van der Waals surface area (Å²) >= 11 is 2.10. The van der Waals surface area contributed by atoms with Gasteiger partial charge in [0.15, 0.2) is 0 Å². The van der Waals surface area contributed by atoms with Crippen molar-refractivity contribution in [3.63, 3.8) is 0 Å². The van der Waals surface area contributed by atoms with Crippen molar-refractivity contribution >= 4 is 17.4 Å². The van der Waals surface area contributed by atoms with Crippen LogP contribution in [0.5, 0.6) is 0 Å². The molecule has 1 aliphatic rings. The minimum atomic E-state index is 0.319. The van der Waals surface area contributed by atoms with Crippen molar-refractivity contribution in [3.05, 3.63) is 24.0 Å². The van der Waals surface area contributed by atoms with Crippen LogP contribution in [0.3, 0.4) is 0 Å². The number of thioether (sulfide) groups is 1. The van der Waals surface area contributed by atoms with Gasteiger partial charge in [0, 0.05) is 30.1 Å². The van der Waals surface area contributed by atoms with Crippen LogP contribution in [-0.2, 0) is 0 Å². The molecule has 2 unspecified atom stereocenters. The fraction of sp³-hybridized carbons (Fsp3) is 0.643. The molecule has 1 aliphatic heterocycles. The quantitative estimate of drug-likeness (QED) is 0.906. The third kappa shape index (κ3) is 3.18. The molecule has 1 aromatic heterocycles. The maximum atomic E-state index is 4.56. The summed E-state index contributed by atoms with van der Waals surface area (Å²) in [5, 5.41) is 3.99. The van der Waals surface area contributed by atoms with Crippen LogP contribution in [0.4, 0.5) is 5.69 Å². The first kappa shape index (κ1) is 13.7. The lowest BCUT2D eigenvalue weighted by atomic mass is 10.2. The first-order valence-corrected chi connectivity index (χ1v) is 7.79. The van der Waals surface area contributed by atoms with Crippen molar-refractivity contribution in [2.75, 3.05) is 30.8 Å². The lowest BCUT2D eigenvalue weighted by Gasteiger charge is -2.33. The van der Waals surface area contributed by atoms with Crippen molar-refractivity contribution in [3.8, 4) is 0 Å². The summed E-state index contributed by atoms with van der Waals surface area (Å²) in [7, 11) is 1.97. The third-order valence-electron chi connectivity index (χ3n) is 3.61. The molecule has 0 aromatic carbocycles. The van der Waals surface area contributed by atoms with E-state index >= 15 is 0 Å². The number of aromatic nitrogens is 1. The van der Waals surface area contributed by atoms with Gasteiger partial charge < -0.3 is 10.2 Å². The molecule has 4 heteroatoms. The molecule has 0 bridgehead atoms. The van der Waals surface area contributed by atoms with Crippen LogP contribution < -0.4 is 10.2 Å². The Kier molecular flexibility index (Phi) is 4.89. The Bertz CT molecular complexity index is 366. The molecule has 1 fully saturated rings. The van der Waals surface area contributed by atoms with Crippen LogP contribution in [0.1, 0.15) is 32.0 Å². The summed E-state index contributed by atoms with van der Waals surface area (Å²) < 4.78 is 0. The second-order valence-corrected chi connectivity index (χ2v) is 6.21. The van der Waals surface area contributed by atoms with E-state index in [0.29, 0.717) is 6.04 Å². The van der Waals surface area contributed by atoms with Crippen LogP contribution in [0.2, 0.25) is 0 Å². The zero-order valence-electron chi connectivity index (χ0n) is 11.5. The third-order valence-corrected chi connectivity index (χ3v) is 4.98. The fourth-order valence-electron chi connectivity index (χ4n) is 2.19. The standard InChI is InChI=1S/C14H23N3S/c1-4-13-10-17(7-8-18-13)12-5-6-14(16-9-12)11(2)15-3/h5-6,9,11,13,15H,4,7-8,10H2,1-3H3. The number of hydrogen-bond acceptors (Lipinski definition) is 4. The average molecular weight is 265 g/mol.